The van der Waals surface area contributed by atoms with Crippen molar-refractivity contribution >= 4 is 17.7 Å². The summed E-state index contributed by atoms with van der Waals surface area (Å²) in [5, 5.41) is 27.4. The average Bonchev–Trinajstić information content (AvgIpc) is 2.73. The molecule has 1 unspecified atom stereocenters. The number of nitrogens with zero attached hydrogens (tertiary/aromatic N) is 4. The summed E-state index contributed by atoms with van der Waals surface area (Å²) < 4.78 is 26.3. The van der Waals surface area contributed by atoms with Gasteiger partial charge in [-0.05, 0) is 36.8 Å². The van der Waals surface area contributed by atoms with Gasteiger partial charge in [-0.25, -0.2) is 13.6 Å². The molecule has 0 radical (unpaired) electrons. The zero-order valence-electron chi connectivity index (χ0n) is 15.8. The van der Waals surface area contributed by atoms with E-state index >= 15 is 0 Å². The number of alkyl halides is 2. The van der Waals surface area contributed by atoms with Crippen LogP contribution in [0.4, 0.5) is 19.3 Å². The molecule has 3 N–H and O–H groups in total. The number of allylic oxidation sites excluding steroid dienone is 1. The molecule has 2 aromatic rings. The number of benzene rings is 2. The number of hydrogen-bond donors (Lipinski definition) is 2. The maximum absolute atomic E-state index is 13.2. The van der Waals surface area contributed by atoms with Crippen LogP contribution in [-0.4, -0.2) is 16.9 Å². The fourth-order valence-electron chi connectivity index (χ4n) is 3.38. The minimum absolute atomic E-state index is 0.122. The molecule has 0 aliphatic carbocycles. The smallest absolute Gasteiger partial charge is 0.322 e. The molecule has 150 valence electrons. The van der Waals surface area contributed by atoms with E-state index in [1.807, 2.05) is 6.07 Å². The van der Waals surface area contributed by atoms with Crippen molar-refractivity contribution in [2.24, 2.45) is 5.73 Å². The summed E-state index contributed by atoms with van der Waals surface area (Å²) in [6.45, 7) is 1.57. The molecule has 1 heterocycles. The molecule has 2 aromatic carbocycles. The Labute approximate surface area is 171 Å². The number of hydrogen-bond acceptors (Lipinski definition) is 4. The fraction of sp³-hybridized carbons (Fsp3) is 0.143. The Hall–Kier alpha value is -4.24. The van der Waals surface area contributed by atoms with Crippen molar-refractivity contribution in [1.82, 2.24) is 4.90 Å². The molecule has 1 aliphatic heterocycles. The first-order valence-electron chi connectivity index (χ1n) is 8.76. The molecule has 7 nitrogen and oxygen atoms in total. The van der Waals surface area contributed by atoms with Crippen LogP contribution in [0.15, 0.2) is 59.8 Å². The molecule has 3 rings (SSSR count). The van der Waals surface area contributed by atoms with E-state index in [0.29, 0.717) is 16.8 Å². The highest BCUT2D eigenvalue weighted by molar-refractivity contribution is 6.07. The molecule has 0 fully saturated rings. The number of carbonyl (C=O) groups is 1. The third kappa shape index (κ3) is 3.45. The summed E-state index contributed by atoms with van der Waals surface area (Å²) in [5.74, 6) is -0.375. The van der Waals surface area contributed by atoms with Crippen molar-refractivity contribution in [1.29, 1.82) is 15.9 Å². The number of halogens is 2. The van der Waals surface area contributed by atoms with Crippen LogP contribution in [0.2, 0.25) is 0 Å². The zero-order valence-corrected chi connectivity index (χ0v) is 15.8. The number of nitrogens with two attached hydrogens (primary N) is 1. The van der Waals surface area contributed by atoms with Crippen molar-refractivity contribution in [3.63, 3.8) is 0 Å². The summed E-state index contributed by atoms with van der Waals surface area (Å²) in [6, 6.07) is 13.6. The average molecular weight is 406 g/mol. The second kappa shape index (κ2) is 8.02. The van der Waals surface area contributed by atoms with Gasteiger partial charge in [0, 0.05) is 16.9 Å². The highest BCUT2D eigenvalue weighted by atomic mass is 19.3. The van der Waals surface area contributed by atoms with Crippen molar-refractivity contribution in [2.45, 2.75) is 19.4 Å². The summed E-state index contributed by atoms with van der Waals surface area (Å²) in [4.78, 5) is 14.4. The van der Waals surface area contributed by atoms with Gasteiger partial charge in [-0.2, -0.15) is 10.5 Å². The van der Waals surface area contributed by atoms with Gasteiger partial charge in [0.2, 0.25) is 5.96 Å². The lowest BCUT2D eigenvalue weighted by Gasteiger charge is -2.42. The SMILES string of the molecule is CC1=C(C#N)C(c2ccc(C#N)cc2)N(C(N)=O)C(=N)N1c1cccc(C(F)F)c1. The third-order valence-corrected chi connectivity index (χ3v) is 4.79. The maximum atomic E-state index is 13.2. The van der Waals surface area contributed by atoms with E-state index in [2.05, 4.69) is 6.07 Å². The molecule has 0 spiro atoms. The Morgan fingerprint density at radius 2 is 1.83 bits per heavy atom. The van der Waals surface area contributed by atoms with E-state index in [4.69, 9.17) is 16.4 Å². The molecule has 1 aliphatic rings. The number of guanidine groups is 1. The predicted molar refractivity (Wildman–Crippen MR) is 105 cm³/mol. The highest BCUT2D eigenvalue weighted by Gasteiger charge is 2.40. The molecular weight excluding hydrogens is 390 g/mol. The molecule has 0 bridgehead atoms. The Morgan fingerprint density at radius 1 is 1.17 bits per heavy atom. The largest absolute Gasteiger partial charge is 0.351 e. The molecule has 30 heavy (non-hydrogen) atoms. The van der Waals surface area contributed by atoms with Crippen molar-refractivity contribution in [3.05, 3.63) is 76.5 Å². The summed E-state index contributed by atoms with van der Waals surface area (Å²) >= 11 is 0. The van der Waals surface area contributed by atoms with Crippen LogP contribution in [-0.2, 0) is 0 Å². The number of anilines is 1. The summed E-state index contributed by atoms with van der Waals surface area (Å²) in [5.41, 5.74) is 6.78. The van der Waals surface area contributed by atoms with Gasteiger partial charge in [0.15, 0.2) is 0 Å². The Balaban J connectivity index is 2.21. The number of rotatable bonds is 3. The van der Waals surface area contributed by atoms with Crippen LogP contribution in [0.5, 0.6) is 0 Å². The van der Waals surface area contributed by atoms with Gasteiger partial charge < -0.3 is 5.73 Å². The zero-order chi connectivity index (χ0) is 22.0. The number of carbonyl (C=O) groups excluding carboxylic acids is 1. The quantitative estimate of drug-likeness (QED) is 0.794. The predicted octanol–water partition coefficient (Wildman–Crippen LogP) is 4.17. The first-order valence-corrected chi connectivity index (χ1v) is 8.76. The summed E-state index contributed by atoms with van der Waals surface area (Å²) in [6.07, 6.45) is -2.72. The van der Waals surface area contributed by atoms with E-state index < -0.39 is 18.5 Å². The van der Waals surface area contributed by atoms with Crippen molar-refractivity contribution < 1.29 is 13.6 Å². The van der Waals surface area contributed by atoms with Gasteiger partial charge in [0.25, 0.3) is 6.43 Å². The van der Waals surface area contributed by atoms with Crippen LogP contribution in [0.3, 0.4) is 0 Å². The lowest BCUT2D eigenvalue weighted by Crippen LogP contribution is -2.54. The van der Waals surface area contributed by atoms with Gasteiger partial charge in [-0.3, -0.25) is 15.2 Å². The number of nitrogens with one attached hydrogen (secondary N) is 1. The minimum Gasteiger partial charge on any atom is -0.351 e. The molecule has 1 atom stereocenters. The maximum Gasteiger partial charge on any atom is 0.322 e. The first-order chi connectivity index (χ1) is 14.3. The van der Waals surface area contributed by atoms with Crippen LogP contribution >= 0.6 is 0 Å². The van der Waals surface area contributed by atoms with Crippen LogP contribution in [0.1, 0.15) is 36.1 Å². The van der Waals surface area contributed by atoms with Gasteiger partial charge in [-0.15, -0.1) is 0 Å². The van der Waals surface area contributed by atoms with E-state index in [0.717, 1.165) is 4.90 Å². The lowest BCUT2D eigenvalue weighted by molar-refractivity contribution is 0.151. The normalized spacial score (nSPS) is 16.5. The van der Waals surface area contributed by atoms with Crippen LogP contribution in [0, 0.1) is 28.1 Å². The van der Waals surface area contributed by atoms with Gasteiger partial charge >= 0.3 is 6.03 Å². The van der Waals surface area contributed by atoms with E-state index in [1.54, 1.807) is 19.1 Å². The molecule has 0 saturated carbocycles. The van der Waals surface area contributed by atoms with Crippen molar-refractivity contribution in [3.8, 4) is 12.1 Å². The second-order valence-corrected chi connectivity index (χ2v) is 6.51. The number of primary amides is 1. The van der Waals surface area contributed by atoms with Crippen molar-refractivity contribution in [2.75, 3.05) is 4.90 Å². The summed E-state index contributed by atoms with van der Waals surface area (Å²) in [7, 11) is 0. The number of urea groups is 1. The monoisotopic (exact) mass is 406 g/mol. The van der Waals surface area contributed by atoms with Gasteiger partial charge in [0.05, 0.1) is 23.3 Å². The van der Waals surface area contributed by atoms with Gasteiger partial charge in [-0.1, -0.05) is 24.3 Å². The first kappa shape index (κ1) is 20.5. The van der Waals surface area contributed by atoms with E-state index in [-0.39, 0.29) is 22.8 Å². The highest BCUT2D eigenvalue weighted by Crippen LogP contribution is 2.39. The van der Waals surface area contributed by atoms with Crippen LogP contribution in [0.25, 0.3) is 0 Å². The molecular formula is C21H16F2N6O. The molecule has 2 amide bonds. The number of nitriles is 2. The third-order valence-electron chi connectivity index (χ3n) is 4.79. The Morgan fingerprint density at radius 3 is 2.37 bits per heavy atom. The lowest BCUT2D eigenvalue weighted by atomic mass is 9.93. The van der Waals surface area contributed by atoms with E-state index in [9.17, 15) is 18.8 Å². The fourth-order valence-corrected chi connectivity index (χ4v) is 3.38. The second-order valence-electron chi connectivity index (χ2n) is 6.51. The standard InChI is InChI=1S/C21H16F2N6O/c1-12-17(11-25)18(14-7-5-13(10-24)6-8-14)29(21(27)30)20(26)28(12)16-4-2-3-15(9-16)19(22)23/h2-9,18-19,26H,1H3,(H2,27,30). The topological polar surface area (TPSA) is 121 Å². The molecule has 9 heteroatoms. The van der Waals surface area contributed by atoms with E-state index in [1.165, 1.54) is 41.3 Å². The number of amides is 2. The Bertz CT molecular complexity index is 1130. The Kier molecular flexibility index (Phi) is 5.48. The minimum atomic E-state index is -2.72. The van der Waals surface area contributed by atoms with Crippen LogP contribution < -0.4 is 10.6 Å². The van der Waals surface area contributed by atoms with Gasteiger partial charge in [0.1, 0.15) is 6.04 Å². The molecule has 0 aromatic heterocycles. The molecule has 0 saturated heterocycles.